The molecule has 2 heterocycles. The molecule has 1 saturated heterocycles. The highest BCUT2D eigenvalue weighted by Crippen LogP contribution is 2.34. The first-order chi connectivity index (χ1) is 10.2. The van der Waals surface area contributed by atoms with Gasteiger partial charge in [-0.25, -0.2) is 0 Å². The van der Waals surface area contributed by atoms with Gasteiger partial charge in [-0.3, -0.25) is 9.78 Å². The third kappa shape index (κ3) is 2.51. The van der Waals surface area contributed by atoms with Crippen LogP contribution in [-0.4, -0.2) is 28.4 Å². The van der Waals surface area contributed by atoms with Crippen LogP contribution < -0.4 is 5.73 Å². The Morgan fingerprint density at radius 2 is 2.14 bits per heavy atom. The van der Waals surface area contributed by atoms with E-state index in [1.165, 1.54) is 0 Å². The van der Waals surface area contributed by atoms with Gasteiger partial charge in [-0.2, -0.15) is 0 Å². The molecule has 110 valence electrons. The van der Waals surface area contributed by atoms with Crippen molar-refractivity contribution in [3.05, 3.63) is 42.1 Å². The molecule has 0 radical (unpaired) electrons. The number of pyridine rings is 1. The van der Waals surface area contributed by atoms with Crippen LogP contribution in [0.2, 0.25) is 0 Å². The lowest BCUT2D eigenvalue weighted by Gasteiger charge is -2.40. The number of hydrogen-bond donors (Lipinski definition) is 1. The Morgan fingerprint density at radius 3 is 2.95 bits per heavy atom. The fourth-order valence-electron chi connectivity index (χ4n) is 3.25. The Hall–Kier alpha value is -1.94. The van der Waals surface area contributed by atoms with Crippen LogP contribution in [0.4, 0.5) is 0 Å². The summed E-state index contributed by atoms with van der Waals surface area (Å²) < 4.78 is 0. The Morgan fingerprint density at radius 1 is 1.33 bits per heavy atom. The molecule has 0 aliphatic carbocycles. The number of hydrogen-bond acceptors (Lipinski definition) is 3. The SMILES string of the molecule is CCCN1C(=O)CCC(N)C1c1cccc2cccnc12. The summed E-state index contributed by atoms with van der Waals surface area (Å²) in [6.45, 7) is 2.84. The lowest BCUT2D eigenvalue weighted by Crippen LogP contribution is -2.49. The highest BCUT2D eigenvalue weighted by atomic mass is 16.2. The van der Waals surface area contributed by atoms with Gasteiger partial charge in [0.2, 0.25) is 5.91 Å². The van der Waals surface area contributed by atoms with Crippen LogP contribution in [-0.2, 0) is 4.79 Å². The Labute approximate surface area is 125 Å². The van der Waals surface area contributed by atoms with Gasteiger partial charge in [0.1, 0.15) is 0 Å². The van der Waals surface area contributed by atoms with Crippen molar-refractivity contribution in [1.82, 2.24) is 9.88 Å². The number of rotatable bonds is 3. The van der Waals surface area contributed by atoms with E-state index in [1.807, 2.05) is 29.2 Å². The molecule has 4 heteroatoms. The molecule has 2 aromatic rings. The number of amides is 1. The van der Waals surface area contributed by atoms with E-state index in [9.17, 15) is 4.79 Å². The predicted octanol–water partition coefficient (Wildman–Crippen LogP) is 2.64. The molecule has 2 atom stereocenters. The number of piperidine rings is 1. The van der Waals surface area contributed by atoms with Crippen molar-refractivity contribution in [2.45, 2.75) is 38.3 Å². The van der Waals surface area contributed by atoms with Gasteiger partial charge >= 0.3 is 0 Å². The summed E-state index contributed by atoms with van der Waals surface area (Å²) in [7, 11) is 0. The number of nitrogens with two attached hydrogens (primary N) is 1. The third-order valence-corrected chi connectivity index (χ3v) is 4.20. The van der Waals surface area contributed by atoms with Gasteiger partial charge in [-0.1, -0.05) is 31.2 Å². The Bertz CT molecular complexity index is 650. The summed E-state index contributed by atoms with van der Waals surface area (Å²) in [6, 6.07) is 10.0. The number of carbonyl (C=O) groups excluding carboxylic acids is 1. The van der Waals surface area contributed by atoms with Crippen LogP contribution in [0.3, 0.4) is 0 Å². The molecule has 1 aliphatic rings. The normalized spacial score (nSPS) is 22.8. The van der Waals surface area contributed by atoms with Gasteiger partial charge < -0.3 is 10.6 Å². The number of aromatic nitrogens is 1. The van der Waals surface area contributed by atoms with Crippen molar-refractivity contribution in [3.63, 3.8) is 0 Å². The van der Waals surface area contributed by atoms with Crippen molar-refractivity contribution >= 4 is 16.8 Å². The van der Waals surface area contributed by atoms with Crippen molar-refractivity contribution < 1.29 is 4.79 Å². The van der Waals surface area contributed by atoms with E-state index in [0.29, 0.717) is 6.42 Å². The second kappa shape index (κ2) is 5.82. The fourth-order valence-corrected chi connectivity index (χ4v) is 3.25. The maximum Gasteiger partial charge on any atom is 0.223 e. The molecule has 2 N–H and O–H groups in total. The summed E-state index contributed by atoms with van der Waals surface area (Å²) in [4.78, 5) is 18.8. The molecule has 21 heavy (non-hydrogen) atoms. The molecular weight excluding hydrogens is 262 g/mol. The minimum absolute atomic E-state index is 0.0261. The second-order valence-electron chi connectivity index (χ2n) is 5.66. The lowest BCUT2D eigenvalue weighted by atomic mass is 9.89. The van der Waals surface area contributed by atoms with Crippen molar-refractivity contribution in [1.29, 1.82) is 0 Å². The van der Waals surface area contributed by atoms with Crippen LogP contribution in [0.15, 0.2) is 36.5 Å². The smallest absolute Gasteiger partial charge is 0.223 e. The maximum atomic E-state index is 12.3. The number of nitrogens with zero attached hydrogens (tertiary/aromatic N) is 2. The first kappa shape index (κ1) is 14.0. The van der Waals surface area contributed by atoms with Crippen LogP contribution in [0.5, 0.6) is 0 Å². The zero-order valence-electron chi connectivity index (χ0n) is 12.3. The third-order valence-electron chi connectivity index (χ3n) is 4.20. The van der Waals surface area contributed by atoms with Gasteiger partial charge in [-0.05, 0) is 18.9 Å². The van der Waals surface area contributed by atoms with Crippen molar-refractivity contribution in [3.8, 4) is 0 Å². The molecule has 1 aromatic heterocycles. The minimum Gasteiger partial charge on any atom is -0.334 e. The summed E-state index contributed by atoms with van der Waals surface area (Å²) in [5, 5.41) is 1.09. The summed E-state index contributed by atoms with van der Waals surface area (Å²) in [5.41, 5.74) is 8.39. The number of carbonyl (C=O) groups is 1. The minimum atomic E-state index is -0.0650. The number of fused-ring (bicyclic) bond motifs is 1. The van der Waals surface area contributed by atoms with Crippen LogP contribution >= 0.6 is 0 Å². The van der Waals surface area contributed by atoms with E-state index in [4.69, 9.17) is 5.73 Å². The molecular formula is C17H21N3O. The Balaban J connectivity index is 2.11. The van der Waals surface area contributed by atoms with E-state index in [2.05, 4.69) is 18.0 Å². The molecule has 3 rings (SSSR count). The molecule has 1 fully saturated rings. The molecule has 1 amide bonds. The standard InChI is InChI=1S/C17H21N3O/c1-2-11-20-15(21)9-8-14(18)17(20)13-7-3-5-12-6-4-10-19-16(12)13/h3-7,10,14,17H,2,8-9,11,18H2,1H3. The topological polar surface area (TPSA) is 59.2 Å². The number of likely N-dealkylation sites (tertiary alicyclic amines) is 1. The average Bonchev–Trinajstić information content (AvgIpc) is 2.51. The monoisotopic (exact) mass is 283 g/mol. The summed E-state index contributed by atoms with van der Waals surface area (Å²) in [6.07, 6.45) is 4.03. The number of benzene rings is 1. The molecule has 0 bridgehead atoms. The molecule has 2 unspecified atom stereocenters. The van der Waals surface area contributed by atoms with Crippen molar-refractivity contribution in [2.24, 2.45) is 5.73 Å². The quantitative estimate of drug-likeness (QED) is 0.942. The maximum absolute atomic E-state index is 12.3. The van der Waals surface area contributed by atoms with E-state index >= 15 is 0 Å². The zero-order valence-corrected chi connectivity index (χ0v) is 12.3. The van der Waals surface area contributed by atoms with Gasteiger partial charge in [0, 0.05) is 36.2 Å². The average molecular weight is 283 g/mol. The van der Waals surface area contributed by atoms with Crippen molar-refractivity contribution in [2.75, 3.05) is 6.54 Å². The lowest BCUT2D eigenvalue weighted by molar-refractivity contribution is -0.137. The van der Waals surface area contributed by atoms with Crippen LogP contribution in [0.1, 0.15) is 37.8 Å². The zero-order chi connectivity index (χ0) is 14.8. The van der Waals surface area contributed by atoms with E-state index in [1.54, 1.807) is 6.20 Å². The summed E-state index contributed by atoms with van der Waals surface area (Å²) >= 11 is 0. The molecule has 0 saturated carbocycles. The van der Waals surface area contributed by atoms with Gasteiger partial charge in [0.15, 0.2) is 0 Å². The van der Waals surface area contributed by atoms with Gasteiger partial charge in [0.05, 0.1) is 11.6 Å². The van der Waals surface area contributed by atoms with E-state index in [-0.39, 0.29) is 18.0 Å². The number of para-hydroxylation sites is 1. The molecule has 1 aromatic carbocycles. The van der Waals surface area contributed by atoms with Gasteiger partial charge in [-0.15, -0.1) is 0 Å². The van der Waals surface area contributed by atoms with E-state index in [0.717, 1.165) is 35.9 Å². The highest BCUT2D eigenvalue weighted by molar-refractivity contribution is 5.84. The van der Waals surface area contributed by atoms with Gasteiger partial charge in [0.25, 0.3) is 0 Å². The first-order valence-corrected chi connectivity index (χ1v) is 7.61. The molecule has 1 aliphatic heterocycles. The van der Waals surface area contributed by atoms with Crippen LogP contribution in [0, 0.1) is 0 Å². The highest BCUT2D eigenvalue weighted by Gasteiger charge is 2.35. The first-order valence-electron chi connectivity index (χ1n) is 7.61. The van der Waals surface area contributed by atoms with Crippen LogP contribution in [0.25, 0.3) is 10.9 Å². The Kier molecular flexibility index (Phi) is 3.88. The second-order valence-corrected chi connectivity index (χ2v) is 5.66. The predicted molar refractivity (Wildman–Crippen MR) is 83.7 cm³/mol. The van der Waals surface area contributed by atoms with E-state index < -0.39 is 0 Å². The largest absolute Gasteiger partial charge is 0.334 e. The fraction of sp³-hybridized carbons (Fsp3) is 0.412. The molecule has 4 nitrogen and oxygen atoms in total. The molecule has 0 spiro atoms. The summed E-state index contributed by atoms with van der Waals surface area (Å²) in [5.74, 6) is 0.205.